The maximum Gasteiger partial charge on any atom is 0.310 e. The van der Waals surface area contributed by atoms with Crippen LogP contribution in [-0.4, -0.2) is 44.6 Å². The molecule has 0 heterocycles. The van der Waals surface area contributed by atoms with E-state index >= 15 is 0 Å². The molecule has 0 rings (SSSR count). The number of carbonyl (C=O) groups is 2. The van der Waals surface area contributed by atoms with Crippen molar-refractivity contribution in [3.05, 3.63) is 0 Å². The molecule has 0 radical (unpaired) electrons. The topological polar surface area (TPSA) is 112 Å². The van der Waals surface area contributed by atoms with Gasteiger partial charge in [-0.25, -0.2) is 19.6 Å². The van der Waals surface area contributed by atoms with Crippen molar-refractivity contribution in [3.63, 3.8) is 0 Å². The van der Waals surface area contributed by atoms with Crippen LogP contribution in [-0.2, 0) is 29.1 Å². The lowest BCUT2D eigenvalue weighted by molar-refractivity contribution is -0.402. The molecule has 0 aliphatic rings. The van der Waals surface area contributed by atoms with Gasteiger partial charge in [0.05, 0.1) is 34.2 Å². The van der Waals surface area contributed by atoms with Gasteiger partial charge in [-0.15, -0.1) is 0 Å². The Morgan fingerprint density at radius 1 is 0.656 bits per heavy atom. The number of hydrogen-bond donors (Lipinski definition) is 2. The Labute approximate surface area is 193 Å². The normalized spacial score (nSPS) is 17.5. The van der Waals surface area contributed by atoms with E-state index in [9.17, 15) is 19.8 Å². The number of carboxylic acid groups (broad SMARTS) is 2. The first-order valence-corrected chi connectivity index (χ1v) is 11.2. The molecule has 0 amide bonds. The van der Waals surface area contributed by atoms with Crippen LogP contribution in [0.25, 0.3) is 0 Å². The van der Waals surface area contributed by atoms with Gasteiger partial charge >= 0.3 is 11.9 Å². The van der Waals surface area contributed by atoms with E-state index in [-0.39, 0.29) is 12.8 Å². The molecule has 8 heteroatoms. The number of aliphatic carboxylic acids is 2. The molecule has 8 nitrogen and oxygen atoms in total. The van der Waals surface area contributed by atoms with E-state index < -0.39 is 58.0 Å². The number of rotatable bonds is 13. The van der Waals surface area contributed by atoms with Crippen LogP contribution < -0.4 is 0 Å². The van der Waals surface area contributed by atoms with Crippen molar-refractivity contribution in [2.24, 2.45) is 17.3 Å². The Morgan fingerprint density at radius 3 is 1.19 bits per heavy atom. The van der Waals surface area contributed by atoms with Crippen molar-refractivity contribution in [2.75, 3.05) is 0 Å². The highest BCUT2D eigenvalue weighted by atomic mass is 17.2. The zero-order chi connectivity index (χ0) is 25.8. The van der Waals surface area contributed by atoms with Gasteiger partial charge in [0, 0.05) is 0 Å². The molecule has 0 spiro atoms. The first-order chi connectivity index (χ1) is 14.0. The van der Waals surface area contributed by atoms with Gasteiger partial charge in [0.25, 0.3) is 0 Å². The minimum atomic E-state index is -1.55. The third-order valence-electron chi connectivity index (χ3n) is 5.23. The summed E-state index contributed by atoms with van der Waals surface area (Å²) < 4.78 is 0. The number of carboxylic acids is 2. The fraction of sp³-hybridized carbons (Fsp3) is 0.917. The van der Waals surface area contributed by atoms with Crippen LogP contribution in [0.2, 0.25) is 0 Å². The zero-order valence-electron chi connectivity index (χ0n) is 22.1. The average molecular weight is 463 g/mol. The second-order valence-electron chi connectivity index (χ2n) is 12.2. The van der Waals surface area contributed by atoms with E-state index in [4.69, 9.17) is 19.6 Å². The Kier molecular flexibility index (Phi) is 10.4. The highest BCUT2D eigenvalue weighted by molar-refractivity contribution is 5.82. The van der Waals surface area contributed by atoms with Gasteiger partial charge < -0.3 is 10.2 Å². The molecule has 0 aliphatic carbocycles. The minimum Gasteiger partial charge on any atom is -0.481 e. The Morgan fingerprint density at radius 2 is 0.969 bits per heavy atom. The molecule has 0 aliphatic heterocycles. The van der Waals surface area contributed by atoms with Crippen LogP contribution in [0.3, 0.4) is 0 Å². The van der Waals surface area contributed by atoms with Crippen LogP contribution in [0.1, 0.15) is 102 Å². The summed E-state index contributed by atoms with van der Waals surface area (Å²) in [5.74, 6) is -3.39. The zero-order valence-corrected chi connectivity index (χ0v) is 22.1. The maximum absolute atomic E-state index is 12.6. The van der Waals surface area contributed by atoms with Crippen LogP contribution in [0, 0.1) is 17.3 Å². The van der Waals surface area contributed by atoms with Gasteiger partial charge in [-0.1, -0.05) is 13.8 Å². The molecule has 190 valence electrons. The molecule has 0 aromatic heterocycles. The Hall–Kier alpha value is -1.22. The van der Waals surface area contributed by atoms with Crippen LogP contribution in [0.15, 0.2) is 0 Å². The van der Waals surface area contributed by atoms with Crippen molar-refractivity contribution in [3.8, 4) is 0 Å². The molecule has 0 aromatic rings. The van der Waals surface area contributed by atoms with Gasteiger partial charge in [-0.2, -0.15) is 0 Å². The van der Waals surface area contributed by atoms with Crippen LogP contribution in [0.5, 0.6) is 0 Å². The third-order valence-corrected chi connectivity index (χ3v) is 5.23. The average Bonchev–Trinajstić information content (AvgIpc) is 2.53. The third kappa shape index (κ3) is 10.6. The quantitative estimate of drug-likeness (QED) is 0.267. The summed E-state index contributed by atoms with van der Waals surface area (Å²) in [7, 11) is 0. The fourth-order valence-corrected chi connectivity index (χ4v) is 3.96. The molecule has 2 atom stereocenters. The van der Waals surface area contributed by atoms with E-state index in [1.54, 1.807) is 41.5 Å². The Bertz CT molecular complexity index is 587. The molecule has 0 fully saturated rings. The van der Waals surface area contributed by atoms with Crippen molar-refractivity contribution in [1.82, 2.24) is 0 Å². The highest BCUT2D eigenvalue weighted by Crippen LogP contribution is 2.47. The molecular formula is C24H46O8. The Balaban J connectivity index is 5.88. The highest BCUT2D eigenvalue weighted by Gasteiger charge is 2.52. The van der Waals surface area contributed by atoms with E-state index in [0.29, 0.717) is 0 Å². The smallest absolute Gasteiger partial charge is 0.310 e. The lowest BCUT2D eigenvalue weighted by Crippen LogP contribution is -2.49. The fourth-order valence-electron chi connectivity index (χ4n) is 3.96. The van der Waals surface area contributed by atoms with Crippen LogP contribution >= 0.6 is 0 Å². The molecule has 2 N–H and O–H groups in total. The summed E-state index contributed by atoms with van der Waals surface area (Å²) in [5, 5.41) is 20.0. The molecule has 0 aromatic carbocycles. The standard InChI is InChI=1S/C24H46O8/c1-16(13-22(9,10)31-29-20(3,4)5)24(19(27)28,15-18(25)26)17(2)14-23(11,12)32-30-21(6,7)8/h16-17H,13-15H2,1-12H3,(H,25,26)(H,27,28). The van der Waals surface area contributed by atoms with Gasteiger partial charge in [0.15, 0.2) is 0 Å². The predicted molar refractivity (Wildman–Crippen MR) is 122 cm³/mol. The summed E-state index contributed by atoms with van der Waals surface area (Å²) in [4.78, 5) is 46.6. The first-order valence-electron chi connectivity index (χ1n) is 11.2. The lowest BCUT2D eigenvalue weighted by Gasteiger charge is -2.44. The molecule has 0 bridgehead atoms. The molecule has 32 heavy (non-hydrogen) atoms. The maximum atomic E-state index is 12.6. The summed E-state index contributed by atoms with van der Waals surface area (Å²) in [6, 6.07) is 0. The second-order valence-corrected chi connectivity index (χ2v) is 12.2. The minimum absolute atomic E-state index is 0.285. The van der Waals surface area contributed by atoms with Gasteiger partial charge in [-0.3, -0.25) is 9.59 Å². The van der Waals surface area contributed by atoms with E-state index in [1.807, 2.05) is 41.5 Å². The van der Waals surface area contributed by atoms with Crippen molar-refractivity contribution in [2.45, 2.75) is 125 Å². The summed E-state index contributed by atoms with van der Waals surface area (Å²) in [6.07, 6.45) is 0.0522. The largest absolute Gasteiger partial charge is 0.481 e. The summed E-state index contributed by atoms with van der Waals surface area (Å²) in [6.45, 7) is 21.8. The van der Waals surface area contributed by atoms with E-state index in [2.05, 4.69) is 0 Å². The van der Waals surface area contributed by atoms with Crippen LogP contribution in [0.4, 0.5) is 0 Å². The molecular weight excluding hydrogens is 416 g/mol. The number of hydrogen-bond acceptors (Lipinski definition) is 6. The SMILES string of the molecule is CC(CC(C)(C)OOC(C)(C)C)C(CC(=O)O)(C(=O)O)C(C)CC(C)(C)OOC(C)(C)C. The molecule has 0 saturated carbocycles. The summed E-state index contributed by atoms with van der Waals surface area (Å²) in [5.41, 5.74) is -4.27. The van der Waals surface area contributed by atoms with E-state index in [0.717, 1.165) is 0 Å². The van der Waals surface area contributed by atoms with Crippen molar-refractivity contribution in [1.29, 1.82) is 0 Å². The molecule has 2 unspecified atom stereocenters. The lowest BCUT2D eigenvalue weighted by atomic mass is 9.61. The monoisotopic (exact) mass is 462 g/mol. The van der Waals surface area contributed by atoms with Crippen molar-refractivity contribution >= 4 is 11.9 Å². The predicted octanol–water partition coefficient (Wildman–Crippen LogP) is 5.64. The van der Waals surface area contributed by atoms with Gasteiger partial charge in [0.1, 0.15) is 0 Å². The van der Waals surface area contributed by atoms with Gasteiger partial charge in [-0.05, 0) is 93.9 Å². The first kappa shape index (κ1) is 30.8. The van der Waals surface area contributed by atoms with E-state index in [1.165, 1.54) is 0 Å². The molecule has 0 saturated heterocycles. The van der Waals surface area contributed by atoms with Crippen molar-refractivity contribution < 1.29 is 39.4 Å². The second kappa shape index (κ2) is 10.8. The summed E-state index contributed by atoms with van der Waals surface area (Å²) >= 11 is 0. The van der Waals surface area contributed by atoms with Gasteiger partial charge in [0.2, 0.25) is 0 Å².